The van der Waals surface area contributed by atoms with E-state index in [1.165, 1.54) is 13.3 Å². The number of benzene rings is 1. The lowest BCUT2D eigenvalue weighted by molar-refractivity contribution is 0.215. The van der Waals surface area contributed by atoms with Gasteiger partial charge in [-0.2, -0.15) is 0 Å². The highest BCUT2D eigenvalue weighted by Crippen LogP contribution is 2.16. The second kappa shape index (κ2) is 4.79. The zero-order chi connectivity index (χ0) is 9.52. The molecule has 0 atom stereocenters. The predicted molar refractivity (Wildman–Crippen MR) is 49.9 cm³/mol. The molecule has 0 aromatic heterocycles. The van der Waals surface area contributed by atoms with Crippen molar-refractivity contribution < 1.29 is 4.84 Å². The first-order valence-corrected chi connectivity index (χ1v) is 3.59. The third-order valence-electron chi connectivity index (χ3n) is 1.39. The molecule has 1 rings (SSSR count). The second-order valence-corrected chi connectivity index (χ2v) is 2.17. The average Bonchev–Trinajstić information content (AvgIpc) is 2.17. The summed E-state index contributed by atoms with van der Waals surface area (Å²) in [4.78, 5) is 7.21. The molecular formula is C8H8N4O. The van der Waals surface area contributed by atoms with E-state index >= 15 is 0 Å². The molecule has 5 heteroatoms. The van der Waals surface area contributed by atoms with Gasteiger partial charge in [-0.15, -0.1) is 0 Å². The van der Waals surface area contributed by atoms with Crippen LogP contribution in [-0.2, 0) is 4.84 Å². The van der Waals surface area contributed by atoms with E-state index < -0.39 is 0 Å². The number of oxime groups is 1. The minimum absolute atomic E-state index is 0.533. The summed E-state index contributed by atoms with van der Waals surface area (Å²) in [6, 6.07) is 7.10. The lowest BCUT2D eigenvalue weighted by Crippen LogP contribution is -1.81. The molecule has 0 saturated heterocycles. The van der Waals surface area contributed by atoms with Gasteiger partial charge in [-0.25, -0.2) is 0 Å². The summed E-state index contributed by atoms with van der Waals surface area (Å²) in [5.74, 6) is 0. The third-order valence-corrected chi connectivity index (χ3v) is 1.39. The molecule has 66 valence electrons. The van der Waals surface area contributed by atoms with E-state index in [4.69, 9.17) is 5.53 Å². The fourth-order valence-electron chi connectivity index (χ4n) is 0.845. The summed E-state index contributed by atoms with van der Waals surface area (Å²) in [7, 11) is 1.45. The summed E-state index contributed by atoms with van der Waals surface area (Å²) in [5.41, 5.74) is 9.51. The van der Waals surface area contributed by atoms with E-state index in [-0.39, 0.29) is 0 Å². The summed E-state index contributed by atoms with van der Waals surface area (Å²) < 4.78 is 0. The van der Waals surface area contributed by atoms with Crippen LogP contribution in [0.5, 0.6) is 0 Å². The molecule has 13 heavy (non-hydrogen) atoms. The Hall–Kier alpha value is -2.00. The molecule has 0 bridgehead atoms. The SMILES string of the molecule is CO/N=C/c1ccccc1N=[N+]=[N-]. The van der Waals surface area contributed by atoms with Gasteiger partial charge in [0.1, 0.15) is 7.11 Å². The van der Waals surface area contributed by atoms with Gasteiger partial charge in [0.25, 0.3) is 0 Å². The summed E-state index contributed by atoms with van der Waals surface area (Å²) >= 11 is 0. The van der Waals surface area contributed by atoms with Gasteiger partial charge in [0.15, 0.2) is 0 Å². The Balaban J connectivity index is 3.04. The number of hydrogen-bond acceptors (Lipinski definition) is 3. The molecule has 0 N–H and O–H groups in total. The Morgan fingerprint density at radius 3 is 2.92 bits per heavy atom. The van der Waals surface area contributed by atoms with Gasteiger partial charge in [-0.05, 0) is 5.53 Å². The van der Waals surface area contributed by atoms with E-state index in [1.807, 2.05) is 6.07 Å². The van der Waals surface area contributed by atoms with Crippen molar-refractivity contribution in [3.63, 3.8) is 0 Å². The monoisotopic (exact) mass is 176 g/mol. The Bertz CT molecular complexity index is 355. The third kappa shape index (κ3) is 2.50. The first kappa shape index (κ1) is 9.09. The summed E-state index contributed by atoms with van der Waals surface area (Å²) in [5, 5.41) is 7.07. The summed E-state index contributed by atoms with van der Waals surface area (Å²) in [6.07, 6.45) is 1.49. The Morgan fingerprint density at radius 1 is 1.46 bits per heavy atom. The normalized spacial score (nSPS) is 9.62. The topological polar surface area (TPSA) is 70.4 Å². The van der Waals surface area contributed by atoms with Crippen molar-refractivity contribution in [1.29, 1.82) is 0 Å². The van der Waals surface area contributed by atoms with Crippen LogP contribution in [0, 0.1) is 0 Å². The van der Waals surface area contributed by atoms with Gasteiger partial charge < -0.3 is 4.84 Å². The van der Waals surface area contributed by atoms with Gasteiger partial charge in [0.05, 0.1) is 6.21 Å². The number of nitrogens with zero attached hydrogens (tertiary/aromatic N) is 4. The van der Waals surface area contributed by atoms with Crippen LogP contribution >= 0.6 is 0 Å². The van der Waals surface area contributed by atoms with Gasteiger partial charge in [0, 0.05) is 16.2 Å². The van der Waals surface area contributed by atoms with Crippen LogP contribution in [0.25, 0.3) is 10.4 Å². The average molecular weight is 176 g/mol. The molecule has 0 heterocycles. The maximum atomic E-state index is 8.25. The molecule has 0 spiro atoms. The van der Waals surface area contributed by atoms with E-state index in [9.17, 15) is 0 Å². The standard InChI is InChI=1S/C8H8N4O/c1-13-10-6-7-4-2-3-5-8(7)11-12-9/h2-6H,1H3/b10-6+. The molecule has 0 aliphatic heterocycles. The number of azide groups is 1. The molecule has 1 aromatic carbocycles. The molecule has 0 unspecified atom stereocenters. The molecule has 0 fully saturated rings. The molecule has 0 radical (unpaired) electrons. The van der Waals surface area contributed by atoms with Crippen LogP contribution < -0.4 is 0 Å². The molecule has 5 nitrogen and oxygen atoms in total. The Kier molecular flexibility index (Phi) is 3.35. The first-order chi connectivity index (χ1) is 6.38. The van der Waals surface area contributed by atoms with Gasteiger partial charge >= 0.3 is 0 Å². The largest absolute Gasteiger partial charge is 0.399 e. The van der Waals surface area contributed by atoms with Crippen molar-refractivity contribution in [3.05, 3.63) is 40.3 Å². The van der Waals surface area contributed by atoms with Crippen molar-refractivity contribution >= 4 is 11.9 Å². The fraction of sp³-hybridized carbons (Fsp3) is 0.125. The lowest BCUT2D eigenvalue weighted by Gasteiger charge is -1.96. The van der Waals surface area contributed by atoms with Crippen molar-refractivity contribution in [2.45, 2.75) is 0 Å². The highest BCUT2D eigenvalue weighted by molar-refractivity contribution is 5.86. The van der Waals surface area contributed by atoms with Crippen LogP contribution in [0.2, 0.25) is 0 Å². The van der Waals surface area contributed by atoms with E-state index in [2.05, 4.69) is 20.0 Å². The quantitative estimate of drug-likeness (QED) is 0.229. The van der Waals surface area contributed by atoms with Crippen molar-refractivity contribution in [2.75, 3.05) is 7.11 Å². The number of hydrogen-bond donors (Lipinski definition) is 0. The predicted octanol–water partition coefficient (Wildman–Crippen LogP) is 2.61. The highest BCUT2D eigenvalue weighted by atomic mass is 16.6. The minimum Gasteiger partial charge on any atom is -0.399 e. The molecule has 1 aromatic rings. The van der Waals surface area contributed by atoms with Gasteiger partial charge in [-0.1, -0.05) is 34.5 Å². The maximum absolute atomic E-state index is 8.25. The van der Waals surface area contributed by atoms with E-state index in [1.54, 1.807) is 18.2 Å². The zero-order valence-electron chi connectivity index (χ0n) is 7.08. The van der Waals surface area contributed by atoms with E-state index in [0.717, 1.165) is 5.56 Å². The lowest BCUT2D eigenvalue weighted by atomic mass is 10.2. The highest BCUT2D eigenvalue weighted by Gasteiger charge is 1.94. The maximum Gasteiger partial charge on any atom is 0.106 e. The Morgan fingerprint density at radius 2 is 2.23 bits per heavy atom. The van der Waals surface area contributed by atoms with Gasteiger partial charge in [0.2, 0.25) is 0 Å². The van der Waals surface area contributed by atoms with Crippen LogP contribution in [0.1, 0.15) is 5.56 Å². The first-order valence-electron chi connectivity index (χ1n) is 3.59. The molecule has 0 aliphatic carbocycles. The molecular weight excluding hydrogens is 168 g/mol. The van der Waals surface area contributed by atoms with Gasteiger partial charge in [-0.3, -0.25) is 0 Å². The number of rotatable bonds is 3. The molecule has 0 aliphatic rings. The molecule has 0 amide bonds. The molecule has 0 saturated carbocycles. The van der Waals surface area contributed by atoms with Crippen molar-refractivity contribution in [1.82, 2.24) is 0 Å². The van der Waals surface area contributed by atoms with Crippen LogP contribution in [-0.4, -0.2) is 13.3 Å². The van der Waals surface area contributed by atoms with E-state index in [0.29, 0.717) is 5.69 Å². The van der Waals surface area contributed by atoms with Crippen LogP contribution in [0.3, 0.4) is 0 Å². The minimum atomic E-state index is 0.533. The van der Waals surface area contributed by atoms with Crippen LogP contribution in [0.15, 0.2) is 34.5 Å². The Labute approximate surface area is 75.3 Å². The fourth-order valence-corrected chi connectivity index (χ4v) is 0.845. The smallest absolute Gasteiger partial charge is 0.106 e. The van der Waals surface area contributed by atoms with Crippen molar-refractivity contribution in [2.24, 2.45) is 10.3 Å². The summed E-state index contributed by atoms with van der Waals surface area (Å²) in [6.45, 7) is 0. The van der Waals surface area contributed by atoms with Crippen LogP contribution in [0.4, 0.5) is 5.69 Å². The second-order valence-electron chi connectivity index (χ2n) is 2.17. The van der Waals surface area contributed by atoms with Crippen molar-refractivity contribution in [3.8, 4) is 0 Å². The zero-order valence-corrected chi connectivity index (χ0v) is 7.08.